The van der Waals surface area contributed by atoms with E-state index in [9.17, 15) is 4.79 Å². The Morgan fingerprint density at radius 1 is 1.67 bits per heavy atom. The van der Waals surface area contributed by atoms with Crippen molar-refractivity contribution in [2.24, 2.45) is 11.7 Å². The topological polar surface area (TPSA) is 87.6 Å². The van der Waals surface area contributed by atoms with Gasteiger partial charge in [-0.2, -0.15) is 5.10 Å². The number of nitrogens with two attached hydrogens (primary N) is 1. The molecule has 2 rings (SSSR count). The van der Waals surface area contributed by atoms with E-state index < -0.39 is 5.54 Å². The van der Waals surface area contributed by atoms with E-state index in [1.54, 1.807) is 0 Å². The summed E-state index contributed by atoms with van der Waals surface area (Å²) in [6.07, 6.45) is 2.25. The molecule has 4 N–H and O–H groups in total. The summed E-state index contributed by atoms with van der Waals surface area (Å²) < 4.78 is 0. The van der Waals surface area contributed by atoms with Crippen LogP contribution < -0.4 is 11.4 Å². The monoisotopic (exact) mass is 168 g/mol. The van der Waals surface area contributed by atoms with Gasteiger partial charge in [-0.3, -0.25) is 4.98 Å². The zero-order chi connectivity index (χ0) is 8.77. The van der Waals surface area contributed by atoms with Crippen LogP contribution in [0.5, 0.6) is 0 Å². The molecule has 1 saturated carbocycles. The van der Waals surface area contributed by atoms with Crippen LogP contribution in [-0.4, -0.2) is 15.2 Å². The number of nitrogens with one attached hydrogen (secondary N) is 2. The molecule has 1 aromatic heterocycles. The molecule has 0 aromatic carbocycles. The fraction of sp³-hybridized carbons (Fsp3) is 0.714. The zero-order valence-electron chi connectivity index (χ0n) is 6.92. The van der Waals surface area contributed by atoms with Gasteiger partial charge in [0.05, 0.1) is 5.54 Å². The van der Waals surface area contributed by atoms with Gasteiger partial charge in [0, 0.05) is 0 Å². The van der Waals surface area contributed by atoms with Crippen LogP contribution in [0.2, 0.25) is 0 Å². The maximum atomic E-state index is 10.8. The minimum atomic E-state index is -0.473. The van der Waals surface area contributed by atoms with Gasteiger partial charge in [-0.15, -0.1) is 0 Å². The summed E-state index contributed by atoms with van der Waals surface area (Å²) >= 11 is 0. The van der Waals surface area contributed by atoms with Crippen LogP contribution in [0, 0.1) is 5.92 Å². The van der Waals surface area contributed by atoms with E-state index in [1.165, 1.54) is 0 Å². The van der Waals surface area contributed by atoms with Crippen molar-refractivity contribution < 1.29 is 0 Å². The number of aromatic nitrogens is 3. The molecule has 12 heavy (non-hydrogen) atoms. The second kappa shape index (κ2) is 2.20. The number of hydrogen-bond donors (Lipinski definition) is 3. The SMILES string of the molecule is CC(N)(c1n[nH]c(=O)[nH]1)C1CC1. The molecule has 0 bridgehead atoms. The van der Waals surface area contributed by atoms with Gasteiger partial charge in [-0.25, -0.2) is 9.89 Å². The summed E-state index contributed by atoms with van der Waals surface area (Å²) in [6, 6.07) is 0. The Morgan fingerprint density at radius 2 is 2.33 bits per heavy atom. The molecule has 5 nitrogen and oxygen atoms in total. The normalized spacial score (nSPS) is 22.2. The van der Waals surface area contributed by atoms with Gasteiger partial charge in [0.2, 0.25) is 0 Å². The van der Waals surface area contributed by atoms with E-state index in [-0.39, 0.29) is 5.69 Å². The summed E-state index contributed by atoms with van der Waals surface area (Å²) in [7, 11) is 0. The number of hydrogen-bond acceptors (Lipinski definition) is 3. The minimum Gasteiger partial charge on any atom is -0.319 e. The van der Waals surface area contributed by atoms with Crippen LogP contribution in [-0.2, 0) is 5.54 Å². The molecule has 0 aliphatic heterocycles. The molecule has 5 heteroatoms. The van der Waals surface area contributed by atoms with Crippen molar-refractivity contribution in [2.75, 3.05) is 0 Å². The quantitative estimate of drug-likeness (QED) is 0.565. The molecule has 1 aliphatic carbocycles. The minimum absolute atomic E-state index is 0.290. The van der Waals surface area contributed by atoms with Gasteiger partial charge in [-0.05, 0) is 25.7 Å². The lowest BCUT2D eigenvalue weighted by Gasteiger charge is -2.20. The van der Waals surface area contributed by atoms with Crippen molar-refractivity contribution >= 4 is 0 Å². The molecule has 0 amide bonds. The Labute approximate surface area is 69.4 Å². The molecular formula is C7H12N4O. The first-order valence-corrected chi connectivity index (χ1v) is 4.05. The summed E-state index contributed by atoms with van der Waals surface area (Å²) in [5.74, 6) is 1.03. The number of nitrogens with zero attached hydrogens (tertiary/aromatic N) is 1. The second-order valence-electron chi connectivity index (χ2n) is 3.58. The van der Waals surface area contributed by atoms with Crippen molar-refractivity contribution in [3.05, 3.63) is 16.3 Å². The molecule has 1 atom stereocenters. The fourth-order valence-corrected chi connectivity index (χ4v) is 1.40. The third-order valence-corrected chi connectivity index (χ3v) is 2.44. The predicted molar refractivity (Wildman–Crippen MR) is 43.5 cm³/mol. The van der Waals surface area contributed by atoms with Crippen molar-refractivity contribution in [2.45, 2.75) is 25.3 Å². The van der Waals surface area contributed by atoms with Crippen LogP contribution in [0.4, 0.5) is 0 Å². The summed E-state index contributed by atoms with van der Waals surface area (Å²) in [5, 5.41) is 6.15. The van der Waals surface area contributed by atoms with Gasteiger partial charge in [0.25, 0.3) is 0 Å². The zero-order valence-corrected chi connectivity index (χ0v) is 6.92. The van der Waals surface area contributed by atoms with Gasteiger partial charge in [0.15, 0.2) is 5.82 Å². The van der Waals surface area contributed by atoms with Crippen molar-refractivity contribution in [1.82, 2.24) is 15.2 Å². The lowest BCUT2D eigenvalue weighted by Crippen LogP contribution is -2.37. The fourth-order valence-electron chi connectivity index (χ4n) is 1.40. The van der Waals surface area contributed by atoms with E-state index in [1.807, 2.05) is 6.92 Å². The maximum absolute atomic E-state index is 10.8. The Kier molecular flexibility index (Phi) is 1.38. The third kappa shape index (κ3) is 1.06. The van der Waals surface area contributed by atoms with E-state index in [0.717, 1.165) is 12.8 Å². The van der Waals surface area contributed by atoms with Gasteiger partial charge >= 0.3 is 5.69 Å². The van der Waals surface area contributed by atoms with Crippen LogP contribution in [0.15, 0.2) is 4.79 Å². The summed E-state index contributed by atoms with van der Waals surface area (Å²) in [6.45, 7) is 1.90. The van der Waals surface area contributed by atoms with Crippen LogP contribution in [0.3, 0.4) is 0 Å². The van der Waals surface area contributed by atoms with Crippen LogP contribution in [0.25, 0.3) is 0 Å². The molecule has 66 valence electrons. The average molecular weight is 168 g/mol. The molecule has 1 aliphatic rings. The van der Waals surface area contributed by atoms with Crippen LogP contribution >= 0.6 is 0 Å². The lowest BCUT2D eigenvalue weighted by molar-refractivity contribution is 0.401. The first kappa shape index (κ1) is 7.54. The number of H-pyrrole nitrogens is 2. The highest BCUT2D eigenvalue weighted by molar-refractivity contribution is 5.07. The van der Waals surface area contributed by atoms with Gasteiger partial charge in [0.1, 0.15) is 0 Å². The van der Waals surface area contributed by atoms with Crippen molar-refractivity contribution in [3.8, 4) is 0 Å². The Balaban J connectivity index is 2.33. The summed E-state index contributed by atoms with van der Waals surface area (Å²) in [4.78, 5) is 13.3. The molecule has 1 unspecified atom stereocenters. The molecule has 0 saturated heterocycles. The smallest absolute Gasteiger partial charge is 0.319 e. The van der Waals surface area contributed by atoms with E-state index in [4.69, 9.17) is 5.73 Å². The number of rotatable bonds is 2. The molecule has 1 heterocycles. The van der Waals surface area contributed by atoms with E-state index >= 15 is 0 Å². The molecule has 0 spiro atoms. The van der Waals surface area contributed by atoms with Crippen molar-refractivity contribution in [3.63, 3.8) is 0 Å². The highest BCUT2D eigenvalue weighted by Gasteiger charge is 2.41. The Hall–Kier alpha value is -1.10. The Bertz CT molecular complexity index is 333. The molecule has 1 aromatic rings. The first-order chi connectivity index (χ1) is 5.60. The standard InChI is InChI=1S/C7H12N4O/c1-7(8,4-2-3-4)5-9-6(12)11-10-5/h4H,2-3,8H2,1H3,(H2,9,10,11,12). The van der Waals surface area contributed by atoms with Crippen LogP contribution in [0.1, 0.15) is 25.6 Å². The third-order valence-electron chi connectivity index (χ3n) is 2.44. The Morgan fingerprint density at radius 3 is 2.75 bits per heavy atom. The van der Waals surface area contributed by atoms with Gasteiger partial charge < -0.3 is 5.73 Å². The van der Waals surface area contributed by atoms with Crippen molar-refractivity contribution in [1.29, 1.82) is 0 Å². The average Bonchev–Trinajstić information content (AvgIpc) is 2.75. The number of aromatic amines is 2. The highest BCUT2D eigenvalue weighted by Crippen LogP contribution is 2.42. The molecule has 1 fully saturated rings. The molecule has 0 radical (unpaired) electrons. The predicted octanol–water partition coefficient (Wildman–Crippen LogP) is -0.318. The lowest BCUT2D eigenvalue weighted by atomic mass is 9.97. The highest BCUT2D eigenvalue weighted by atomic mass is 16.1. The van der Waals surface area contributed by atoms with E-state index in [2.05, 4.69) is 15.2 Å². The van der Waals surface area contributed by atoms with E-state index in [0.29, 0.717) is 11.7 Å². The summed E-state index contributed by atoms with van der Waals surface area (Å²) in [5.41, 5.74) is 5.24. The van der Waals surface area contributed by atoms with Gasteiger partial charge in [-0.1, -0.05) is 0 Å². The first-order valence-electron chi connectivity index (χ1n) is 4.05. The maximum Gasteiger partial charge on any atom is 0.340 e. The molecular weight excluding hydrogens is 156 g/mol. The largest absolute Gasteiger partial charge is 0.340 e. The second-order valence-corrected chi connectivity index (χ2v) is 3.58.